The average molecular weight is 579 g/mol. The average Bonchev–Trinajstić information content (AvgIpc) is 3.34. The SMILES string of the molecule is CC(=O)C(Cc1ccccc1)NC(=O)C(CC(C)C)NC(=O)C(CCc1ccccc1)NC(=O)Cc1c[nH]c(=O)s1. The number of aromatic nitrogens is 1. The first kappa shape index (κ1) is 31.5. The van der Waals surface area contributed by atoms with Gasteiger partial charge in [-0.15, -0.1) is 0 Å². The Hall–Kier alpha value is -4.05. The number of Topliss-reactive ketones (excluding diaryl/α,β-unsaturated/α-hetero) is 1. The molecule has 218 valence electrons. The number of aromatic amines is 1. The molecule has 0 aliphatic rings. The van der Waals surface area contributed by atoms with Crippen LogP contribution in [0.25, 0.3) is 0 Å². The number of carbonyl (C=O) groups is 4. The van der Waals surface area contributed by atoms with Crippen molar-refractivity contribution >= 4 is 34.8 Å². The highest BCUT2D eigenvalue weighted by atomic mass is 32.1. The predicted octanol–water partition coefficient (Wildman–Crippen LogP) is 2.94. The lowest BCUT2D eigenvalue weighted by molar-refractivity contribution is -0.133. The quantitative estimate of drug-likeness (QED) is 0.220. The third-order valence-corrected chi connectivity index (χ3v) is 7.38. The van der Waals surface area contributed by atoms with Gasteiger partial charge in [0.1, 0.15) is 12.1 Å². The van der Waals surface area contributed by atoms with Gasteiger partial charge in [0, 0.05) is 11.1 Å². The molecule has 0 saturated carbocycles. The second-order valence-electron chi connectivity index (χ2n) is 10.5. The van der Waals surface area contributed by atoms with E-state index in [-0.39, 0.29) is 23.0 Å². The molecule has 41 heavy (non-hydrogen) atoms. The summed E-state index contributed by atoms with van der Waals surface area (Å²) >= 11 is 0.939. The largest absolute Gasteiger partial charge is 0.344 e. The van der Waals surface area contributed by atoms with Crippen molar-refractivity contribution < 1.29 is 19.2 Å². The molecule has 3 unspecified atom stereocenters. The van der Waals surface area contributed by atoms with Crippen LogP contribution in [0.3, 0.4) is 0 Å². The Labute approximate surface area is 244 Å². The predicted molar refractivity (Wildman–Crippen MR) is 159 cm³/mol. The van der Waals surface area contributed by atoms with Crippen molar-refractivity contribution in [1.82, 2.24) is 20.9 Å². The molecule has 2 aromatic carbocycles. The number of H-pyrrole nitrogens is 1. The topological polar surface area (TPSA) is 137 Å². The summed E-state index contributed by atoms with van der Waals surface area (Å²) in [5, 5.41) is 8.45. The summed E-state index contributed by atoms with van der Waals surface area (Å²) in [6.45, 7) is 5.31. The van der Waals surface area contributed by atoms with Crippen molar-refractivity contribution in [2.45, 2.75) is 71.0 Å². The van der Waals surface area contributed by atoms with E-state index in [0.29, 0.717) is 30.6 Å². The molecule has 3 amide bonds. The Morgan fingerprint density at radius 1 is 0.805 bits per heavy atom. The van der Waals surface area contributed by atoms with E-state index in [0.717, 1.165) is 22.5 Å². The zero-order chi connectivity index (χ0) is 29.8. The van der Waals surface area contributed by atoms with E-state index in [1.54, 1.807) is 0 Å². The van der Waals surface area contributed by atoms with Gasteiger partial charge in [-0.2, -0.15) is 0 Å². The Kier molecular flexibility index (Phi) is 12.0. The van der Waals surface area contributed by atoms with E-state index in [4.69, 9.17) is 0 Å². The molecule has 1 aromatic heterocycles. The van der Waals surface area contributed by atoms with Gasteiger partial charge < -0.3 is 20.9 Å². The normalized spacial score (nSPS) is 13.2. The van der Waals surface area contributed by atoms with Crippen molar-refractivity contribution in [3.05, 3.63) is 92.5 Å². The van der Waals surface area contributed by atoms with Gasteiger partial charge in [0.2, 0.25) is 17.7 Å². The van der Waals surface area contributed by atoms with E-state index < -0.39 is 35.8 Å². The minimum Gasteiger partial charge on any atom is -0.344 e. The number of hydrogen-bond acceptors (Lipinski definition) is 6. The lowest BCUT2D eigenvalue weighted by atomic mass is 9.99. The summed E-state index contributed by atoms with van der Waals surface area (Å²) in [5.74, 6) is -1.45. The molecule has 0 aliphatic carbocycles. The Morgan fingerprint density at radius 2 is 1.39 bits per heavy atom. The molecule has 1 heterocycles. The summed E-state index contributed by atoms with van der Waals surface area (Å²) in [4.78, 5) is 66.4. The van der Waals surface area contributed by atoms with E-state index >= 15 is 0 Å². The minimum absolute atomic E-state index is 0.0474. The molecule has 9 nitrogen and oxygen atoms in total. The molecular weight excluding hydrogens is 540 g/mol. The number of benzene rings is 2. The molecule has 10 heteroatoms. The first-order valence-electron chi connectivity index (χ1n) is 13.8. The van der Waals surface area contributed by atoms with Crippen LogP contribution in [0, 0.1) is 5.92 Å². The van der Waals surface area contributed by atoms with E-state index in [9.17, 15) is 24.0 Å². The van der Waals surface area contributed by atoms with Gasteiger partial charge >= 0.3 is 4.87 Å². The van der Waals surface area contributed by atoms with Crippen molar-refractivity contribution in [1.29, 1.82) is 0 Å². The number of rotatable bonds is 15. The standard InChI is InChI=1S/C31H38N4O5S/c1-20(2)16-27(30(39)34-26(21(3)36)17-23-12-8-5-9-13-23)35-29(38)25(15-14-22-10-6-4-7-11-22)33-28(37)18-24-19-32-31(40)41-24/h4-13,19-20,25-27H,14-18H2,1-3H3,(H,32,40)(H,33,37)(H,34,39)(H,35,38). The van der Waals surface area contributed by atoms with Gasteiger partial charge in [-0.25, -0.2) is 0 Å². The molecular formula is C31H38N4O5S. The van der Waals surface area contributed by atoms with Crippen LogP contribution < -0.4 is 20.8 Å². The first-order chi connectivity index (χ1) is 19.6. The second kappa shape index (κ2) is 15.7. The zero-order valence-corrected chi connectivity index (χ0v) is 24.5. The molecule has 0 aliphatic heterocycles. The van der Waals surface area contributed by atoms with Crippen molar-refractivity contribution in [2.24, 2.45) is 5.92 Å². The van der Waals surface area contributed by atoms with Crippen LogP contribution in [-0.2, 0) is 38.4 Å². The molecule has 3 aromatic rings. The highest BCUT2D eigenvalue weighted by molar-refractivity contribution is 7.09. The van der Waals surface area contributed by atoms with Crippen LogP contribution in [0.1, 0.15) is 49.6 Å². The van der Waals surface area contributed by atoms with Crippen LogP contribution in [0.2, 0.25) is 0 Å². The van der Waals surface area contributed by atoms with Crippen molar-refractivity contribution in [3.63, 3.8) is 0 Å². The summed E-state index contributed by atoms with van der Waals surface area (Å²) in [6, 6.07) is 16.5. The van der Waals surface area contributed by atoms with Gasteiger partial charge in [0.25, 0.3) is 0 Å². The van der Waals surface area contributed by atoms with E-state index in [1.807, 2.05) is 74.5 Å². The molecule has 3 rings (SSSR count). The minimum atomic E-state index is -0.909. The van der Waals surface area contributed by atoms with Crippen LogP contribution >= 0.6 is 11.3 Å². The monoisotopic (exact) mass is 578 g/mol. The number of ketones is 1. The molecule has 4 N–H and O–H groups in total. The van der Waals surface area contributed by atoms with Gasteiger partial charge in [0.15, 0.2) is 5.78 Å². The van der Waals surface area contributed by atoms with Crippen LogP contribution in [0.15, 0.2) is 71.7 Å². The summed E-state index contributed by atoms with van der Waals surface area (Å²) in [5.41, 5.74) is 1.92. The summed E-state index contributed by atoms with van der Waals surface area (Å²) in [6.07, 6.45) is 2.96. The lowest BCUT2D eigenvalue weighted by Crippen LogP contribution is -2.56. The fraction of sp³-hybridized carbons (Fsp3) is 0.387. The molecule has 0 spiro atoms. The third kappa shape index (κ3) is 10.8. The second-order valence-corrected chi connectivity index (χ2v) is 11.6. The van der Waals surface area contributed by atoms with Crippen molar-refractivity contribution in [2.75, 3.05) is 0 Å². The molecule has 0 saturated heterocycles. The summed E-state index contributed by atoms with van der Waals surface area (Å²) in [7, 11) is 0. The Bertz CT molecular complexity index is 1350. The molecule has 0 bridgehead atoms. The first-order valence-corrected chi connectivity index (χ1v) is 14.6. The molecule has 3 atom stereocenters. The number of nitrogens with one attached hydrogen (secondary N) is 4. The van der Waals surface area contributed by atoms with Gasteiger partial charge in [-0.1, -0.05) is 85.8 Å². The fourth-order valence-electron chi connectivity index (χ4n) is 4.43. The number of hydrogen-bond donors (Lipinski definition) is 4. The number of amides is 3. The maximum absolute atomic E-state index is 13.5. The number of aryl methyl sites for hydroxylation is 1. The maximum atomic E-state index is 13.5. The highest BCUT2D eigenvalue weighted by Crippen LogP contribution is 2.11. The lowest BCUT2D eigenvalue weighted by Gasteiger charge is -2.26. The summed E-state index contributed by atoms with van der Waals surface area (Å²) < 4.78 is 0. The Morgan fingerprint density at radius 3 is 1.95 bits per heavy atom. The van der Waals surface area contributed by atoms with Crippen LogP contribution in [0.5, 0.6) is 0 Å². The number of thiazole rings is 1. The van der Waals surface area contributed by atoms with E-state index in [1.165, 1.54) is 13.1 Å². The van der Waals surface area contributed by atoms with Gasteiger partial charge in [-0.3, -0.25) is 24.0 Å². The fourth-order valence-corrected chi connectivity index (χ4v) is 5.10. The van der Waals surface area contributed by atoms with Gasteiger partial charge in [-0.05, 0) is 49.7 Å². The highest BCUT2D eigenvalue weighted by Gasteiger charge is 2.29. The van der Waals surface area contributed by atoms with Crippen LogP contribution in [0.4, 0.5) is 0 Å². The Balaban J connectivity index is 1.73. The number of carbonyl (C=O) groups excluding carboxylic acids is 4. The molecule has 0 fully saturated rings. The maximum Gasteiger partial charge on any atom is 0.304 e. The molecule has 0 radical (unpaired) electrons. The van der Waals surface area contributed by atoms with Crippen molar-refractivity contribution in [3.8, 4) is 0 Å². The zero-order valence-electron chi connectivity index (χ0n) is 23.6. The van der Waals surface area contributed by atoms with Crippen LogP contribution in [-0.4, -0.2) is 46.6 Å². The third-order valence-electron chi connectivity index (χ3n) is 6.56. The van der Waals surface area contributed by atoms with Gasteiger partial charge in [0.05, 0.1) is 12.5 Å². The smallest absolute Gasteiger partial charge is 0.304 e. The van der Waals surface area contributed by atoms with E-state index in [2.05, 4.69) is 20.9 Å².